The first-order chi connectivity index (χ1) is 9.44. The van der Waals surface area contributed by atoms with Gasteiger partial charge in [0, 0.05) is 11.6 Å². The van der Waals surface area contributed by atoms with Crippen molar-refractivity contribution >= 4 is 33.0 Å². The molecular formula is C12H10ClN3O2S2. The number of hydrogen-bond donors (Lipinski definition) is 1. The van der Waals surface area contributed by atoms with Gasteiger partial charge in [0.25, 0.3) is 0 Å². The Morgan fingerprint density at radius 1 is 1.50 bits per heavy atom. The number of thiazole rings is 1. The van der Waals surface area contributed by atoms with Crippen molar-refractivity contribution in [1.29, 1.82) is 5.26 Å². The van der Waals surface area contributed by atoms with Crippen LogP contribution in [-0.2, 0) is 10.0 Å². The lowest BCUT2D eigenvalue weighted by Crippen LogP contribution is -2.26. The van der Waals surface area contributed by atoms with Crippen LogP contribution in [0.4, 0.5) is 0 Å². The topological polar surface area (TPSA) is 82.9 Å². The molecule has 2 rings (SSSR count). The molecule has 1 aromatic heterocycles. The minimum atomic E-state index is -3.71. The molecule has 0 bridgehead atoms. The van der Waals surface area contributed by atoms with Crippen molar-refractivity contribution in [1.82, 2.24) is 9.71 Å². The second-order valence-corrected chi connectivity index (χ2v) is 7.01. The van der Waals surface area contributed by atoms with Crippen LogP contribution in [0.2, 0.25) is 5.02 Å². The van der Waals surface area contributed by atoms with Gasteiger partial charge in [0.2, 0.25) is 10.0 Å². The number of aromatic nitrogens is 1. The van der Waals surface area contributed by atoms with Crippen LogP contribution >= 0.6 is 22.9 Å². The van der Waals surface area contributed by atoms with E-state index in [0.29, 0.717) is 5.01 Å². The summed E-state index contributed by atoms with van der Waals surface area (Å²) in [5.74, 6) is 0. The second kappa shape index (κ2) is 5.89. The van der Waals surface area contributed by atoms with Gasteiger partial charge >= 0.3 is 0 Å². The third kappa shape index (κ3) is 3.16. The van der Waals surface area contributed by atoms with E-state index in [4.69, 9.17) is 16.9 Å². The molecular weight excluding hydrogens is 318 g/mol. The van der Waals surface area contributed by atoms with Crippen molar-refractivity contribution in [3.05, 3.63) is 45.4 Å². The van der Waals surface area contributed by atoms with E-state index in [1.165, 1.54) is 29.5 Å². The molecule has 1 atom stereocenters. The number of rotatable bonds is 4. The van der Waals surface area contributed by atoms with Crippen LogP contribution in [0.1, 0.15) is 23.5 Å². The van der Waals surface area contributed by atoms with Gasteiger partial charge in [-0.2, -0.15) is 5.26 Å². The number of benzene rings is 1. The lowest BCUT2D eigenvalue weighted by Gasteiger charge is -2.12. The first-order valence-corrected chi connectivity index (χ1v) is 8.29. The second-order valence-electron chi connectivity index (χ2n) is 3.97. The van der Waals surface area contributed by atoms with E-state index in [-0.39, 0.29) is 15.5 Å². The fourth-order valence-electron chi connectivity index (χ4n) is 1.55. The summed E-state index contributed by atoms with van der Waals surface area (Å²) in [7, 11) is -3.71. The van der Waals surface area contributed by atoms with Gasteiger partial charge in [0.1, 0.15) is 11.1 Å². The fraction of sp³-hybridized carbons (Fsp3) is 0.167. The number of nitrogens with one attached hydrogen (secondary N) is 1. The smallest absolute Gasteiger partial charge is 0.241 e. The Morgan fingerprint density at radius 2 is 2.25 bits per heavy atom. The molecule has 0 saturated heterocycles. The molecule has 1 N–H and O–H groups in total. The average Bonchev–Trinajstić information content (AvgIpc) is 2.92. The number of nitriles is 1. The Bertz CT molecular complexity index is 752. The van der Waals surface area contributed by atoms with Crippen LogP contribution in [0.3, 0.4) is 0 Å². The summed E-state index contributed by atoms with van der Waals surface area (Å²) in [4.78, 5) is 4.08. The number of halogens is 1. The lowest BCUT2D eigenvalue weighted by atomic mass is 10.2. The van der Waals surface area contributed by atoms with Crippen LogP contribution in [-0.4, -0.2) is 13.4 Å². The van der Waals surface area contributed by atoms with Gasteiger partial charge in [-0.1, -0.05) is 11.6 Å². The third-order valence-corrected chi connectivity index (χ3v) is 5.33. The molecule has 0 radical (unpaired) electrons. The van der Waals surface area contributed by atoms with Crippen LogP contribution in [0.25, 0.3) is 0 Å². The highest BCUT2D eigenvalue weighted by atomic mass is 35.5. The first-order valence-electron chi connectivity index (χ1n) is 5.55. The predicted octanol–water partition coefficient (Wildman–Crippen LogP) is 2.71. The zero-order valence-corrected chi connectivity index (χ0v) is 12.8. The third-order valence-electron chi connectivity index (χ3n) is 2.53. The molecule has 20 heavy (non-hydrogen) atoms. The Balaban J connectivity index is 2.27. The Kier molecular flexibility index (Phi) is 4.40. The van der Waals surface area contributed by atoms with Crippen molar-refractivity contribution in [2.24, 2.45) is 0 Å². The molecule has 104 valence electrons. The lowest BCUT2D eigenvalue weighted by molar-refractivity contribution is 0.566. The summed E-state index contributed by atoms with van der Waals surface area (Å²) in [5.41, 5.74) is 0.235. The highest BCUT2D eigenvalue weighted by Gasteiger charge is 2.20. The molecule has 0 spiro atoms. The maximum atomic E-state index is 12.2. The zero-order chi connectivity index (χ0) is 14.8. The van der Waals surface area contributed by atoms with Crippen molar-refractivity contribution in [2.45, 2.75) is 17.9 Å². The standard InChI is InChI=1S/C12H10ClN3O2S2/c1-8(12-15-4-5-19-12)16-20(17,18)10-3-2-9(7-14)11(13)6-10/h2-6,8,16H,1H3. The summed E-state index contributed by atoms with van der Waals surface area (Å²) in [6.45, 7) is 1.71. The molecule has 5 nitrogen and oxygen atoms in total. The predicted molar refractivity (Wildman–Crippen MR) is 77.0 cm³/mol. The quantitative estimate of drug-likeness (QED) is 0.935. The van der Waals surface area contributed by atoms with Gasteiger partial charge in [0.15, 0.2) is 0 Å². The number of sulfonamides is 1. The largest absolute Gasteiger partial charge is 0.248 e. The summed E-state index contributed by atoms with van der Waals surface area (Å²) >= 11 is 7.22. The van der Waals surface area contributed by atoms with Gasteiger partial charge in [0.05, 0.1) is 21.5 Å². The molecule has 0 aliphatic carbocycles. The van der Waals surface area contributed by atoms with Gasteiger partial charge < -0.3 is 0 Å². The molecule has 0 amide bonds. The molecule has 8 heteroatoms. The normalized spacial score (nSPS) is 12.8. The Hall–Kier alpha value is -1.46. The SMILES string of the molecule is CC(NS(=O)(=O)c1ccc(C#N)c(Cl)c1)c1nccs1. The summed E-state index contributed by atoms with van der Waals surface area (Å²) in [6, 6.07) is 5.44. The van der Waals surface area contributed by atoms with E-state index in [1.807, 2.05) is 6.07 Å². The summed E-state index contributed by atoms with van der Waals surface area (Å²) < 4.78 is 26.9. The van der Waals surface area contributed by atoms with Gasteiger partial charge in [-0.05, 0) is 25.1 Å². The van der Waals surface area contributed by atoms with Gasteiger partial charge in [-0.3, -0.25) is 0 Å². The van der Waals surface area contributed by atoms with E-state index < -0.39 is 16.1 Å². The molecule has 0 aliphatic rings. The molecule has 1 aromatic carbocycles. The molecule has 0 aliphatic heterocycles. The van der Waals surface area contributed by atoms with Crippen LogP contribution in [0.5, 0.6) is 0 Å². The van der Waals surface area contributed by atoms with Crippen LogP contribution in [0.15, 0.2) is 34.7 Å². The Labute approximate surface area is 125 Å². The average molecular weight is 328 g/mol. The molecule has 2 aromatic rings. The first kappa shape index (κ1) is 14.9. The van der Waals surface area contributed by atoms with Crippen molar-refractivity contribution in [3.63, 3.8) is 0 Å². The van der Waals surface area contributed by atoms with E-state index in [1.54, 1.807) is 18.5 Å². The van der Waals surface area contributed by atoms with E-state index in [0.717, 1.165) is 0 Å². The van der Waals surface area contributed by atoms with Crippen LogP contribution < -0.4 is 4.72 Å². The zero-order valence-electron chi connectivity index (χ0n) is 10.4. The summed E-state index contributed by atoms with van der Waals surface area (Å²) in [6.07, 6.45) is 1.61. The Morgan fingerprint density at radius 3 is 2.80 bits per heavy atom. The van der Waals surface area contributed by atoms with E-state index in [9.17, 15) is 8.42 Å². The number of nitrogens with zero attached hydrogens (tertiary/aromatic N) is 2. The molecule has 0 saturated carbocycles. The van der Waals surface area contributed by atoms with Crippen molar-refractivity contribution in [3.8, 4) is 6.07 Å². The highest BCUT2D eigenvalue weighted by Crippen LogP contribution is 2.22. The van der Waals surface area contributed by atoms with E-state index in [2.05, 4.69) is 9.71 Å². The maximum Gasteiger partial charge on any atom is 0.241 e. The minimum Gasteiger partial charge on any atom is -0.248 e. The van der Waals surface area contributed by atoms with Gasteiger partial charge in [-0.25, -0.2) is 18.1 Å². The van der Waals surface area contributed by atoms with Gasteiger partial charge in [-0.15, -0.1) is 11.3 Å². The number of hydrogen-bond acceptors (Lipinski definition) is 5. The van der Waals surface area contributed by atoms with Crippen molar-refractivity contribution < 1.29 is 8.42 Å². The van der Waals surface area contributed by atoms with E-state index >= 15 is 0 Å². The van der Waals surface area contributed by atoms with Crippen molar-refractivity contribution in [2.75, 3.05) is 0 Å². The molecule has 1 heterocycles. The monoisotopic (exact) mass is 327 g/mol. The maximum absolute atomic E-state index is 12.2. The fourth-order valence-corrected chi connectivity index (χ4v) is 3.79. The molecule has 0 fully saturated rings. The van der Waals surface area contributed by atoms with Crippen LogP contribution in [0, 0.1) is 11.3 Å². The minimum absolute atomic E-state index is 0.0184. The summed E-state index contributed by atoms with van der Waals surface area (Å²) in [5, 5.41) is 11.3. The molecule has 1 unspecified atom stereocenters. The highest BCUT2D eigenvalue weighted by molar-refractivity contribution is 7.89.